The number of fused-ring (bicyclic) bond motifs is 1. The van der Waals surface area contributed by atoms with E-state index in [9.17, 15) is 4.79 Å². The maximum absolute atomic E-state index is 13.2. The standard InChI is InChI=1S/C23H44O4Si2/c1-15(2)13-17(24)16-14-18(26-28(9,10)22(3,4)5)20-21(25-20)19(16)27-29(11,12)23(6,7)8/h16,18-21H,1,13-14H2,2-12H3/t16-,18+,19-,20-,21+/m0/s1. The Morgan fingerprint density at radius 3 is 1.90 bits per heavy atom. The molecular weight excluding hydrogens is 396 g/mol. The third-order valence-electron chi connectivity index (χ3n) is 7.51. The number of Topliss-reactive ketones (excluding diaryl/α,β-unsaturated/α-hetero) is 1. The summed E-state index contributed by atoms with van der Waals surface area (Å²) < 4.78 is 19.6. The van der Waals surface area contributed by atoms with Gasteiger partial charge in [0.25, 0.3) is 0 Å². The van der Waals surface area contributed by atoms with Crippen molar-refractivity contribution in [3.63, 3.8) is 0 Å². The zero-order valence-electron chi connectivity index (χ0n) is 20.6. The summed E-state index contributed by atoms with van der Waals surface area (Å²) in [5.41, 5.74) is 0.904. The van der Waals surface area contributed by atoms with E-state index in [2.05, 4.69) is 74.3 Å². The lowest BCUT2D eigenvalue weighted by molar-refractivity contribution is -0.127. The van der Waals surface area contributed by atoms with Crippen LogP contribution >= 0.6 is 0 Å². The van der Waals surface area contributed by atoms with Gasteiger partial charge in [0.2, 0.25) is 0 Å². The zero-order valence-corrected chi connectivity index (χ0v) is 22.6. The normalized spacial score (nSPS) is 30.7. The second-order valence-corrected chi connectivity index (χ2v) is 21.8. The fraction of sp³-hybridized carbons (Fsp3) is 0.870. The number of ether oxygens (including phenoxy) is 1. The first-order valence-corrected chi connectivity index (χ1v) is 16.9. The Morgan fingerprint density at radius 1 is 0.966 bits per heavy atom. The summed E-state index contributed by atoms with van der Waals surface area (Å²) >= 11 is 0. The van der Waals surface area contributed by atoms with Crippen LogP contribution < -0.4 is 0 Å². The molecule has 0 aromatic carbocycles. The Balaban J connectivity index is 2.27. The molecule has 0 amide bonds. The monoisotopic (exact) mass is 440 g/mol. The molecule has 1 saturated carbocycles. The average molecular weight is 441 g/mol. The molecule has 1 heterocycles. The van der Waals surface area contributed by atoms with Gasteiger partial charge in [0.15, 0.2) is 16.6 Å². The summed E-state index contributed by atoms with van der Waals surface area (Å²) in [5.74, 6) is 0.0401. The van der Waals surface area contributed by atoms with Crippen LogP contribution in [-0.2, 0) is 18.4 Å². The van der Waals surface area contributed by atoms with Crippen molar-refractivity contribution in [1.29, 1.82) is 0 Å². The Labute approximate surface area is 181 Å². The Morgan fingerprint density at radius 2 is 1.45 bits per heavy atom. The van der Waals surface area contributed by atoms with E-state index >= 15 is 0 Å². The van der Waals surface area contributed by atoms with Gasteiger partial charge in [0.05, 0.1) is 12.2 Å². The molecule has 2 rings (SSSR count). The highest BCUT2D eigenvalue weighted by Gasteiger charge is 2.61. The topological polar surface area (TPSA) is 48.1 Å². The van der Waals surface area contributed by atoms with Gasteiger partial charge in [-0.15, -0.1) is 0 Å². The number of hydrogen-bond donors (Lipinski definition) is 0. The maximum atomic E-state index is 13.2. The molecule has 1 saturated heterocycles. The largest absolute Gasteiger partial charge is 0.411 e. The highest BCUT2D eigenvalue weighted by atomic mass is 28.4. The molecule has 0 aromatic rings. The summed E-state index contributed by atoms with van der Waals surface area (Å²) in [6, 6.07) is 0. The Hall–Kier alpha value is -0.276. The van der Waals surface area contributed by atoms with Crippen LogP contribution in [0.3, 0.4) is 0 Å². The Bertz CT molecular complexity index is 642. The highest BCUT2D eigenvalue weighted by molar-refractivity contribution is 6.74. The molecule has 2 fully saturated rings. The highest BCUT2D eigenvalue weighted by Crippen LogP contribution is 2.49. The van der Waals surface area contributed by atoms with Crippen molar-refractivity contribution in [3.8, 4) is 0 Å². The molecule has 5 atom stereocenters. The van der Waals surface area contributed by atoms with Crippen molar-refractivity contribution < 1.29 is 18.4 Å². The smallest absolute Gasteiger partial charge is 0.192 e. The van der Waals surface area contributed by atoms with Crippen LogP contribution in [0.2, 0.25) is 36.3 Å². The predicted molar refractivity (Wildman–Crippen MR) is 125 cm³/mol. The van der Waals surface area contributed by atoms with Gasteiger partial charge < -0.3 is 13.6 Å². The molecular formula is C23H44O4Si2. The molecule has 1 aliphatic carbocycles. The lowest BCUT2D eigenvalue weighted by atomic mass is 9.80. The van der Waals surface area contributed by atoms with Crippen LogP contribution in [-0.4, -0.2) is 46.8 Å². The summed E-state index contributed by atoms with van der Waals surface area (Å²) in [6.07, 6.45) is 0.969. The van der Waals surface area contributed by atoms with Crippen LogP contribution in [0.5, 0.6) is 0 Å². The van der Waals surface area contributed by atoms with Gasteiger partial charge >= 0.3 is 0 Å². The van der Waals surface area contributed by atoms with Crippen LogP contribution in [0.4, 0.5) is 0 Å². The van der Waals surface area contributed by atoms with Crippen molar-refractivity contribution in [2.24, 2.45) is 5.92 Å². The fourth-order valence-corrected chi connectivity index (χ4v) is 6.20. The number of rotatable bonds is 7. The average Bonchev–Trinajstić information content (AvgIpc) is 3.26. The quantitative estimate of drug-likeness (QED) is 0.273. The number of ketones is 1. The van der Waals surface area contributed by atoms with E-state index in [1.807, 2.05) is 6.92 Å². The molecule has 6 heteroatoms. The number of hydrogen-bond acceptors (Lipinski definition) is 4. The minimum atomic E-state index is -2.02. The minimum Gasteiger partial charge on any atom is -0.411 e. The zero-order chi connectivity index (χ0) is 22.6. The van der Waals surface area contributed by atoms with Crippen molar-refractivity contribution in [2.45, 2.75) is 122 Å². The van der Waals surface area contributed by atoms with Crippen LogP contribution in [0.1, 0.15) is 61.3 Å². The van der Waals surface area contributed by atoms with E-state index in [4.69, 9.17) is 13.6 Å². The first kappa shape index (κ1) is 25.0. The second kappa shape index (κ2) is 8.01. The molecule has 4 nitrogen and oxygen atoms in total. The maximum Gasteiger partial charge on any atom is 0.192 e. The summed E-state index contributed by atoms with van der Waals surface area (Å²) in [4.78, 5) is 13.2. The SMILES string of the molecule is C=C(C)CC(=O)[C@@H]1C[C@@H](O[Si](C)(C)C(C)(C)C)[C@@H]2O[C@@H]2[C@H]1O[Si](C)(C)C(C)(C)C. The Kier molecular flexibility index (Phi) is 6.90. The lowest BCUT2D eigenvalue weighted by Crippen LogP contribution is -2.54. The van der Waals surface area contributed by atoms with E-state index in [0.717, 1.165) is 5.57 Å². The van der Waals surface area contributed by atoms with E-state index in [1.165, 1.54) is 0 Å². The van der Waals surface area contributed by atoms with Gasteiger partial charge in [-0.25, -0.2) is 0 Å². The molecule has 0 N–H and O–H groups in total. The number of carbonyl (C=O) groups is 1. The summed E-state index contributed by atoms with van der Waals surface area (Å²) in [5, 5.41) is 0.219. The van der Waals surface area contributed by atoms with Crippen molar-refractivity contribution in [2.75, 3.05) is 0 Å². The van der Waals surface area contributed by atoms with Gasteiger partial charge in [0, 0.05) is 12.3 Å². The van der Waals surface area contributed by atoms with Gasteiger partial charge in [0.1, 0.15) is 18.0 Å². The second-order valence-electron chi connectivity index (χ2n) is 12.3. The number of carbonyl (C=O) groups excluding carboxylic acids is 1. The number of allylic oxidation sites excluding steroid dienone is 1. The third-order valence-corrected chi connectivity index (χ3v) is 16.5. The van der Waals surface area contributed by atoms with Crippen LogP contribution in [0, 0.1) is 5.92 Å². The third kappa shape index (κ3) is 5.51. The fourth-order valence-electron chi connectivity index (χ4n) is 3.53. The molecule has 168 valence electrons. The van der Waals surface area contributed by atoms with E-state index in [0.29, 0.717) is 12.8 Å². The molecule has 2 aliphatic rings. The van der Waals surface area contributed by atoms with E-state index in [1.54, 1.807) is 0 Å². The minimum absolute atomic E-state index is 0.0146. The molecule has 0 spiro atoms. The predicted octanol–water partition coefficient (Wildman–Crippen LogP) is 6.09. The first-order chi connectivity index (χ1) is 12.9. The van der Waals surface area contributed by atoms with Crippen molar-refractivity contribution in [1.82, 2.24) is 0 Å². The molecule has 0 bridgehead atoms. The lowest BCUT2D eigenvalue weighted by Gasteiger charge is -2.44. The van der Waals surface area contributed by atoms with Gasteiger partial charge in [-0.1, -0.05) is 53.7 Å². The molecule has 1 aliphatic heterocycles. The molecule has 29 heavy (non-hydrogen) atoms. The van der Waals surface area contributed by atoms with Crippen molar-refractivity contribution in [3.05, 3.63) is 12.2 Å². The summed E-state index contributed by atoms with van der Waals surface area (Å²) in [7, 11) is -3.96. The van der Waals surface area contributed by atoms with Gasteiger partial charge in [-0.2, -0.15) is 0 Å². The van der Waals surface area contributed by atoms with E-state index in [-0.39, 0.29) is 46.2 Å². The van der Waals surface area contributed by atoms with Crippen LogP contribution in [0.15, 0.2) is 12.2 Å². The molecule has 0 aromatic heterocycles. The van der Waals surface area contributed by atoms with Gasteiger partial charge in [-0.05, 0) is 49.6 Å². The van der Waals surface area contributed by atoms with Crippen LogP contribution in [0.25, 0.3) is 0 Å². The molecule has 0 radical (unpaired) electrons. The van der Waals surface area contributed by atoms with Gasteiger partial charge in [-0.3, -0.25) is 4.79 Å². The first-order valence-electron chi connectivity index (χ1n) is 11.1. The number of epoxide rings is 1. The molecule has 0 unspecified atom stereocenters. The summed E-state index contributed by atoms with van der Waals surface area (Å²) in [6.45, 7) is 28.4. The van der Waals surface area contributed by atoms with Crippen molar-refractivity contribution >= 4 is 22.4 Å². The van der Waals surface area contributed by atoms with E-state index < -0.39 is 16.6 Å².